The molecule has 5 nitrogen and oxygen atoms in total. The van der Waals surface area contributed by atoms with Gasteiger partial charge in [0.25, 0.3) is 11.8 Å². The number of nitrogens with zero attached hydrogens (tertiary/aromatic N) is 1. The lowest BCUT2D eigenvalue weighted by Crippen LogP contribution is -2.27. The monoisotopic (exact) mass is 582 g/mol. The van der Waals surface area contributed by atoms with Crippen LogP contribution in [0.5, 0.6) is 5.75 Å². The highest BCUT2D eigenvalue weighted by Gasteiger charge is 2.36. The Morgan fingerprint density at radius 2 is 1.78 bits per heavy atom. The molecule has 1 N–H and O–H groups in total. The summed E-state index contributed by atoms with van der Waals surface area (Å²) in [7, 11) is 0. The predicted octanol–water partition coefficient (Wildman–Crippen LogP) is 7.44. The summed E-state index contributed by atoms with van der Waals surface area (Å²) in [5, 5.41) is 3.14. The van der Waals surface area contributed by atoms with Crippen LogP contribution in [-0.2, 0) is 15.8 Å². The molecule has 4 rings (SSSR count). The summed E-state index contributed by atoms with van der Waals surface area (Å²) in [6.45, 7) is -0.280. The largest absolute Gasteiger partial charge is 0.484 e. The average molecular weight is 583 g/mol. The molecular weight excluding hydrogens is 568 g/mol. The van der Waals surface area contributed by atoms with Gasteiger partial charge < -0.3 is 10.1 Å². The summed E-state index contributed by atoms with van der Waals surface area (Å²) in [6.07, 6.45) is -2.97. The van der Waals surface area contributed by atoms with E-state index in [2.05, 4.69) is 5.32 Å². The lowest BCUT2D eigenvalue weighted by Gasteiger charge is -2.16. The molecule has 1 fully saturated rings. The maximum absolute atomic E-state index is 13.1. The third-order valence-electron chi connectivity index (χ3n) is 5.00. The Bertz CT molecular complexity index is 1410. The van der Waals surface area contributed by atoms with Gasteiger partial charge in [0.1, 0.15) is 5.75 Å². The molecule has 0 aromatic heterocycles. The molecule has 190 valence electrons. The van der Waals surface area contributed by atoms with Crippen molar-refractivity contribution in [3.63, 3.8) is 0 Å². The van der Waals surface area contributed by atoms with Crippen LogP contribution >= 0.6 is 47.2 Å². The summed E-state index contributed by atoms with van der Waals surface area (Å²) in [4.78, 5) is 26.4. The number of benzene rings is 3. The van der Waals surface area contributed by atoms with E-state index >= 15 is 0 Å². The highest BCUT2D eigenvalue weighted by molar-refractivity contribution is 8.27. The molecule has 0 bridgehead atoms. The number of thiocarbonyl (C=S) groups is 1. The number of halogens is 5. The highest BCUT2D eigenvalue weighted by atomic mass is 35.5. The van der Waals surface area contributed by atoms with Crippen LogP contribution in [0.25, 0.3) is 6.08 Å². The first kappa shape index (κ1) is 27.0. The van der Waals surface area contributed by atoms with Crippen molar-refractivity contribution in [1.82, 2.24) is 0 Å². The number of carbonyl (C=O) groups excluding carboxylic acids is 2. The van der Waals surface area contributed by atoms with Crippen molar-refractivity contribution >= 4 is 80.8 Å². The molecule has 0 unspecified atom stereocenters. The average Bonchev–Trinajstić information content (AvgIpc) is 3.13. The molecule has 3 aromatic rings. The topological polar surface area (TPSA) is 58.6 Å². The van der Waals surface area contributed by atoms with Gasteiger partial charge in [-0.15, -0.1) is 0 Å². The quantitative estimate of drug-likeness (QED) is 0.242. The van der Waals surface area contributed by atoms with E-state index in [0.29, 0.717) is 22.0 Å². The fourth-order valence-electron chi connectivity index (χ4n) is 3.26. The highest BCUT2D eigenvalue weighted by Crippen LogP contribution is 2.38. The summed E-state index contributed by atoms with van der Waals surface area (Å²) in [5.41, 5.74) is 0.164. The number of nitrogens with one attached hydrogen (secondary N) is 1. The van der Waals surface area contributed by atoms with E-state index < -0.39 is 23.6 Å². The van der Waals surface area contributed by atoms with E-state index in [9.17, 15) is 22.8 Å². The zero-order chi connectivity index (χ0) is 26.7. The summed E-state index contributed by atoms with van der Waals surface area (Å²) < 4.78 is 44.8. The molecule has 1 saturated heterocycles. The Hall–Kier alpha value is -3.05. The Labute approximate surface area is 229 Å². The number of carbonyl (C=O) groups is 2. The molecule has 0 spiro atoms. The maximum Gasteiger partial charge on any atom is 0.416 e. The fraction of sp³-hybridized carbons (Fsp3) is 0.0800. The third-order valence-corrected chi connectivity index (χ3v) is 7.12. The fourth-order valence-corrected chi connectivity index (χ4v) is 4.91. The van der Waals surface area contributed by atoms with Crippen LogP contribution < -0.4 is 15.0 Å². The molecule has 0 atom stereocenters. The Morgan fingerprint density at radius 1 is 1.08 bits per heavy atom. The predicted molar refractivity (Wildman–Crippen MR) is 144 cm³/mol. The Morgan fingerprint density at radius 3 is 2.49 bits per heavy atom. The lowest BCUT2D eigenvalue weighted by molar-refractivity contribution is -0.137. The molecule has 3 aromatic carbocycles. The molecule has 1 aliphatic rings. The number of thioether (sulfide) groups is 1. The van der Waals surface area contributed by atoms with E-state index in [0.717, 1.165) is 28.8 Å². The van der Waals surface area contributed by atoms with Gasteiger partial charge in [0.15, 0.2) is 10.9 Å². The van der Waals surface area contributed by atoms with Crippen molar-refractivity contribution in [3.05, 3.63) is 92.8 Å². The summed E-state index contributed by atoms with van der Waals surface area (Å²) >= 11 is 18.2. The zero-order valence-electron chi connectivity index (χ0n) is 18.5. The molecule has 0 saturated carbocycles. The first-order valence-corrected chi connectivity index (χ1v) is 12.4. The minimum absolute atomic E-state index is 0.0433. The number of amides is 2. The summed E-state index contributed by atoms with van der Waals surface area (Å²) in [6, 6.07) is 15.8. The third kappa shape index (κ3) is 6.45. The number of rotatable bonds is 6. The first-order chi connectivity index (χ1) is 17.5. The number of hydrogen-bond acceptors (Lipinski definition) is 5. The number of hydrogen-bond donors (Lipinski definition) is 1. The van der Waals surface area contributed by atoms with Gasteiger partial charge in [-0.05, 0) is 54.1 Å². The second kappa shape index (κ2) is 11.1. The minimum atomic E-state index is -4.54. The van der Waals surface area contributed by atoms with E-state index in [1.807, 2.05) is 0 Å². The van der Waals surface area contributed by atoms with E-state index in [1.165, 1.54) is 12.1 Å². The number of ether oxygens (including phenoxy) is 1. The van der Waals surface area contributed by atoms with Gasteiger partial charge in [0.2, 0.25) is 0 Å². The van der Waals surface area contributed by atoms with Crippen molar-refractivity contribution in [2.45, 2.75) is 6.18 Å². The van der Waals surface area contributed by atoms with Crippen LogP contribution in [0.4, 0.5) is 24.5 Å². The van der Waals surface area contributed by atoms with Crippen molar-refractivity contribution < 1.29 is 27.5 Å². The molecule has 0 radical (unpaired) electrons. The van der Waals surface area contributed by atoms with E-state index in [1.54, 1.807) is 48.5 Å². The van der Waals surface area contributed by atoms with Gasteiger partial charge in [-0.25, -0.2) is 0 Å². The lowest BCUT2D eigenvalue weighted by atomic mass is 10.1. The SMILES string of the molecule is O=C(COc1ccc(/C=C2\SC(=S)N(c3cccc(C(F)(F)F)c3)C2=O)cc1)Nc1cccc(Cl)c1Cl. The van der Waals surface area contributed by atoms with Gasteiger partial charge in [-0.3, -0.25) is 14.5 Å². The molecule has 2 amide bonds. The van der Waals surface area contributed by atoms with Crippen LogP contribution in [-0.4, -0.2) is 22.7 Å². The van der Waals surface area contributed by atoms with Gasteiger partial charge in [-0.1, -0.05) is 71.4 Å². The van der Waals surface area contributed by atoms with Crippen molar-refractivity contribution in [2.75, 3.05) is 16.8 Å². The minimum Gasteiger partial charge on any atom is -0.484 e. The number of anilines is 2. The first-order valence-electron chi connectivity index (χ1n) is 10.4. The van der Waals surface area contributed by atoms with Crippen molar-refractivity contribution in [1.29, 1.82) is 0 Å². The van der Waals surface area contributed by atoms with Crippen LogP contribution in [0.3, 0.4) is 0 Å². The second-order valence-electron chi connectivity index (χ2n) is 7.57. The molecule has 1 heterocycles. The second-order valence-corrected chi connectivity index (χ2v) is 10.0. The Balaban J connectivity index is 1.40. The smallest absolute Gasteiger partial charge is 0.416 e. The van der Waals surface area contributed by atoms with E-state index in [4.69, 9.17) is 40.2 Å². The molecule has 12 heteroatoms. The summed E-state index contributed by atoms with van der Waals surface area (Å²) in [5.74, 6) is -0.557. The molecule has 1 aliphatic heterocycles. The van der Waals surface area contributed by atoms with E-state index in [-0.39, 0.29) is 26.5 Å². The normalized spacial score (nSPS) is 14.8. The van der Waals surface area contributed by atoms with Crippen LogP contribution in [0.15, 0.2) is 71.6 Å². The Kier molecular flexibility index (Phi) is 8.13. The van der Waals surface area contributed by atoms with Crippen LogP contribution in [0.1, 0.15) is 11.1 Å². The molecule has 37 heavy (non-hydrogen) atoms. The van der Waals surface area contributed by atoms with Gasteiger partial charge in [0.05, 0.1) is 31.9 Å². The van der Waals surface area contributed by atoms with Gasteiger partial charge in [-0.2, -0.15) is 13.2 Å². The van der Waals surface area contributed by atoms with Crippen molar-refractivity contribution in [2.24, 2.45) is 0 Å². The molecule has 0 aliphatic carbocycles. The van der Waals surface area contributed by atoms with Crippen LogP contribution in [0.2, 0.25) is 10.0 Å². The van der Waals surface area contributed by atoms with Crippen LogP contribution in [0, 0.1) is 0 Å². The van der Waals surface area contributed by atoms with Gasteiger partial charge >= 0.3 is 6.18 Å². The van der Waals surface area contributed by atoms with Crippen molar-refractivity contribution in [3.8, 4) is 5.75 Å². The van der Waals surface area contributed by atoms with Gasteiger partial charge in [0, 0.05) is 0 Å². The number of alkyl halides is 3. The molecular formula is C25H15Cl2F3N2O3S2. The standard InChI is InChI=1S/C25H15Cl2F3N2O3S2/c26-18-5-2-6-19(22(18)27)31-21(33)13-35-17-9-7-14(8-10-17)11-20-23(34)32(24(36)37-20)16-4-1-3-15(12-16)25(28,29)30/h1-12H,13H2,(H,31,33)/b20-11-. The maximum atomic E-state index is 13.1. The zero-order valence-corrected chi connectivity index (χ0v) is 21.7.